The van der Waals surface area contributed by atoms with Crippen LogP contribution in [0.4, 0.5) is 4.39 Å². The Labute approximate surface area is 227 Å². The van der Waals surface area contributed by atoms with Gasteiger partial charge < -0.3 is 20.8 Å². The van der Waals surface area contributed by atoms with E-state index in [1.165, 1.54) is 6.07 Å². The van der Waals surface area contributed by atoms with Gasteiger partial charge in [0.2, 0.25) is 5.91 Å². The maximum absolute atomic E-state index is 15.6. The first-order chi connectivity index (χ1) is 17.4. The molecule has 1 aliphatic rings. The minimum Gasteiger partial charge on any atom is -0.394 e. The molecular weight excluding hydrogens is 516 g/mol. The van der Waals surface area contributed by atoms with E-state index < -0.39 is 47.9 Å². The molecule has 1 fully saturated rings. The zero-order chi connectivity index (χ0) is 27.5. The zero-order valence-electron chi connectivity index (χ0n) is 21.5. The van der Waals surface area contributed by atoms with E-state index in [1.807, 2.05) is 33.8 Å². The number of aliphatic hydroxyl groups is 2. The molecule has 0 aliphatic carbocycles. The molecule has 5 atom stereocenters. The average Bonchev–Trinajstić information content (AvgIpc) is 3.15. The Kier molecular flexibility index (Phi) is 9.26. The molecule has 9 heteroatoms. The predicted molar refractivity (Wildman–Crippen MR) is 143 cm³/mol. The van der Waals surface area contributed by atoms with Gasteiger partial charge in [-0.25, -0.2) is 4.39 Å². The summed E-state index contributed by atoms with van der Waals surface area (Å²) in [6.07, 6.45) is -0.300. The molecule has 1 unspecified atom stereocenters. The summed E-state index contributed by atoms with van der Waals surface area (Å²) in [6, 6.07) is 10.9. The smallest absolute Gasteiger partial charge is 0.237 e. The first kappa shape index (κ1) is 29.3. The van der Waals surface area contributed by atoms with Crippen LogP contribution in [0.2, 0.25) is 10.0 Å². The Morgan fingerprint density at radius 2 is 1.97 bits per heavy atom. The average molecular weight is 551 g/mol. The first-order valence-corrected chi connectivity index (χ1v) is 13.1. The van der Waals surface area contributed by atoms with Gasteiger partial charge in [0.1, 0.15) is 11.2 Å². The fourth-order valence-electron chi connectivity index (χ4n) is 5.23. The summed E-state index contributed by atoms with van der Waals surface area (Å²) in [4.78, 5) is 13.6. The van der Waals surface area contributed by atoms with Crippen LogP contribution < -0.4 is 10.6 Å². The normalized spacial score (nSPS) is 24.5. The van der Waals surface area contributed by atoms with Crippen molar-refractivity contribution in [1.82, 2.24) is 10.6 Å². The van der Waals surface area contributed by atoms with Crippen LogP contribution >= 0.6 is 23.2 Å². The fraction of sp³-hybridized carbons (Fsp3) is 0.500. The van der Waals surface area contributed by atoms with E-state index in [9.17, 15) is 15.2 Å². The van der Waals surface area contributed by atoms with Crippen molar-refractivity contribution in [2.45, 2.75) is 70.1 Å². The highest BCUT2D eigenvalue weighted by atomic mass is 35.5. The van der Waals surface area contributed by atoms with Gasteiger partial charge in [0.05, 0.1) is 29.8 Å². The second-order valence-electron chi connectivity index (χ2n) is 10.9. The number of hydrogen-bond donors (Lipinski definition) is 4. The summed E-state index contributed by atoms with van der Waals surface area (Å²) >= 11 is 12.5. The number of aliphatic hydroxyl groups excluding tert-OH is 2. The zero-order valence-corrected chi connectivity index (χ0v) is 23.0. The van der Waals surface area contributed by atoms with Crippen LogP contribution in [0.3, 0.4) is 0 Å². The second kappa shape index (κ2) is 11.7. The van der Waals surface area contributed by atoms with Crippen LogP contribution in [0.5, 0.6) is 0 Å². The molecule has 0 radical (unpaired) electrons. The number of hydrogen-bond acceptors (Lipinski definition) is 5. The van der Waals surface area contributed by atoms with E-state index in [2.05, 4.69) is 16.7 Å². The summed E-state index contributed by atoms with van der Waals surface area (Å²) in [7, 11) is 0. The van der Waals surface area contributed by atoms with E-state index >= 15 is 4.39 Å². The van der Waals surface area contributed by atoms with Crippen molar-refractivity contribution in [3.8, 4) is 6.07 Å². The van der Waals surface area contributed by atoms with Gasteiger partial charge in [-0.2, -0.15) is 5.26 Å². The molecule has 1 amide bonds. The number of halogens is 3. The van der Waals surface area contributed by atoms with Gasteiger partial charge in [-0.05, 0) is 54.0 Å². The van der Waals surface area contributed by atoms with Crippen LogP contribution in [0, 0.1) is 29.5 Å². The Morgan fingerprint density at radius 3 is 2.57 bits per heavy atom. The van der Waals surface area contributed by atoms with Crippen LogP contribution in [0.25, 0.3) is 0 Å². The van der Waals surface area contributed by atoms with Gasteiger partial charge in [0, 0.05) is 23.5 Å². The highest BCUT2D eigenvalue weighted by molar-refractivity contribution is 6.31. The molecule has 6 nitrogen and oxygen atoms in total. The standard InChI is InChI=1S/C28H34Cl2FN3O3/c1-16-12-17(8-9-20(16)29)28(15-32)22(13-27(2,3)4)34-25(26(37)33-11-10-18(36)14-35)23(28)19-6-5-7-21(30)24(19)31/h5-9,12,18,22-23,25,34-36H,10-11,13-14H2,1-4H3,(H,33,37)/t18-,22?,23-,25+,28-/m0/s1. The SMILES string of the molecule is Cc1cc([C@@]2(C#N)C(CC(C)(C)C)N[C@@H](C(=O)NCC[C@H](O)CO)[C@@H]2c2cccc(Cl)c2F)ccc1Cl. The number of carbonyl (C=O) groups is 1. The van der Waals surface area contributed by atoms with Crippen LogP contribution in [0.1, 0.15) is 56.2 Å². The molecule has 1 aliphatic heterocycles. The quantitative estimate of drug-likeness (QED) is 0.384. The number of amides is 1. The summed E-state index contributed by atoms with van der Waals surface area (Å²) in [5.74, 6) is -2.03. The minimum atomic E-state index is -1.33. The summed E-state index contributed by atoms with van der Waals surface area (Å²) in [5.41, 5.74) is 0.00500. The fourth-order valence-corrected chi connectivity index (χ4v) is 5.53. The van der Waals surface area contributed by atoms with Gasteiger partial charge in [0.15, 0.2) is 0 Å². The van der Waals surface area contributed by atoms with Crippen LogP contribution in [0.15, 0.2) is 36.4 Å². The molecule has 1 saturated heterocycles. The van der Waals surface area contributed by atoms with Crippen LogP contribution in [-0.4, -0.2) is 47.5 Å². The number of rotatable bonds is 8. The molecule has 0 saturated carbocycles. The lowest BCUT2D eigenvalue weighted by molar-refractivity contribution is -0.123. The molecule has 3 rings (SSSR count). The maximum atomic E-state index is 15.6. The van der Waals surface area contributed by atoms with Crippen LogP contribution in [-0.2, 0) is 10.2 Å². The van der Waals surface area contributed by atoms with E-state index in [-0.39, 0.29) is 29.0 Å². The lowest BCUT2D eigenvalue weighted by atomic mass is 9.62. The molecule has 2 aromatic rings. The molecule has 0 bridgehead atoms. The Morgan fingerprint density at radius 1 is 1.27 bits per heavy atom. The van der Waals surface area contributed by atoms with Gasteiger partial charge >= 0.3 is 0 Å². The van der Waals surface area contributed by atoms with E-state index in [4.69, 9.17) is 28.3 Å². The van der Waals surface area contributed by atoms with Crippen molar-refractivity contribution in [2.24, 2.45) is 5.41 Å². The lowest BCUT2D eigenvalue weighted by Gasteiger charge is -2.37. The van der Waals surface area contributed by atoms with Gasteiger partial charge in [-0.1, -0.05) is 68.2 Å². The van der Waals surface area contributed by atoms with Crippen molar-refractivity contribution < 1.29 is 19.4 Å². The maximum Gasteiger partial charge on any atom is 0.237 e. The summed E-state index contributed by atoms with van der Waals surface area (Å²) < 4.78 is 15.6. The van der Waals surface area contributed by atoms with Crippen molar-refractivity contribution >= 4 is 29.1 Å². The van der Waals surface area contributed by atoms with Gasteiger partial charge in [0.25, 0.3) is 0 Å². The molecule has 4 N–H and O–H groups in total. The first-order valence-electron chi connectivity index (χ1n) is 12.3. The second-order valence-corrected chi connectivity index (χ2v) is 11.8. The third-order valence-electron chi connectivity index (χ3n) is 6.98. The van der Waals surface area contributed by atoms with Crippen molar-refractivity contribution in [3.63, 3.8) is 0 Å². The molecule has 0 aromatic heterocycles. The number of carbonyl (C=O) groups excluding carboxylic acids is 1. The molecule has 1 heterocycles. The monoisotopic (exact) mass is 549 g/mol. The molecular formula is C28H34Cl2FN3O3. The molecule has 200 valence electrons. The molecule has 2 aromatic carbocycles. The summed E-state index contributed by atoms with van der Waals surface area (Å²) in [6.45, 7) is 7.65. The van der Waals surface area contributed by atoms with Crippen molar-refractivity contribution in [1.29, 1.82) is 5.26 Å². The number of aryl methyl sites for hydroxylation is 1. The lowest BCUT2D eigenvalue weighted by Crippen LogP contribution is -2.46. The predicted octanol–water partition coefficient (Wildman–Crippen LogP) is 4.62. The third-order valence-corrected chi connectivity index (χ3v) is 7.69. The molecule has 37 heavy (non-hydrogen) atoms. The van der Waals surface area contributed by atoms with Gasteiger partial charge in [-0.3, -0.25) is 4.79 Å². The summed E-state index contributed by atoms with van der Waals surface area (Å²) in [5, 5.41) is 36.3. The third kappa shape index (κ3) is 6.10. The minimum absolute atomic E-state index is 0.0962. The number of nitrogens with one attached hydrogen (secondary N) is 2. The van der Waals surface area contributed by atoms with Gasteiger partial charge in [-0.15, -0.1) is 0 Å². The van der Waals surface area contributed by atoms with E-state index in [1.54, 1.807) is 24.3 Å². The Balaban J connectivity index is 2.22. The van der Waals surface area contributed by atoms with E-state index in [0.717, 1.165) is 5.56 Å². The highest BCUT2D eigenvalue weighted by Gasteiger charge is 2.60. The number of benzene rings is 2. The Bertz CT molecular complexity index is 1180. The number of nitrogens with zero attached hydrogens (tertiary/aromatic N) is 1. The van der Waals surface area contributed by atoms with Crippen molar-refractivity contribution in [3.05, 3.63) is 69.0 Å². The van der Waals surface area contributed by atoms with Crippen molar-refractivity contribution in [2.75, 3.05) is 13.2 Å². The molecule has 0 spiro atoms. The highest BCUT2D eigenvalue weighted by Crippen LogP contribution is 2.52. The topological polar surface area (TPSA) is 105 Å². The largest absolute Gasteiger partial charge is 0.394 e. The number of nitriles is 1. The Hall–Kier alpha value is -2.21. The van der Waals surface area contributed by atoms with E-state index in [0.29, 0.717) is 17.0 Å².